The highest BCUT2D eigenvalue weighted by atomic mass is 16.6. The summed E-state index contributed by atoms with van der Waals surface area (Å²) in [5.74, 6) is -5.71. The van der Waals surface area contributed by atoms with Crippen molar-refractivity contribution in [3.05, 3.63) is 23.8 Å². The molecule has 1 saturated heterocycles. The lowest BCUT2D eigenvalue weighted by molar-refractivity contribution is -0.263. The molecule has 1 aliphatic heterocycles. The molecule has 0 amide bonds. The molecule has 0 saturated carbocycles. The lowest BCUT2D eigenvalue weighted by Crippen LogP contribution is -2.74. The van der Waals surface area contributed by atoms with Crippen LogP contribution in [-0.2, 0) is 38.1 Å². The van der Waals surface area contributed by atoms with Crippen LogP contribution in [0.25, 0.3) is 0 Å². The first-order chi connectivity index (χ1) is 17.7. The summed E-state index contributed by atoms with van der Waals surface area (Å²) in [6.45, 7) is 7.96. The van der Waals surface area contributed by atoms with Crippen LogP contribution in [0.1, 0.15) is 48.5 Å². The smallest absolute Gasteiger partial charge is 0.341 e. The molecule has 2 unspecified atom stereocenters. The van der Waals surface area contributed by atoms with E-state index in [-0.39, 0.29) is 5.57 Å². The summed E-state index contributed by atoms with van der Waals surface area (Å²) in [6, 6.07) is 0. The molecule has 11 atom stereocenters. The largest absolute Gasteiger partial charge is 0.459 e. The minimum atomic E-state index is -2.82. The quantitative estimate of drug-likeness (QED) is 0.158. The summed E-state index contributed by atoms with van der Waals surface area (Å²) in [4.78, 5) is 49.6. The average Bonchev–Trinajstić information content (AvgIpc) is 2.96. The third-order valence-electron chi connectivity index (χ3n) is 8.09. The summed E-state index contributed by atoms with van der Waals surface area (Å²) in [7, 11) is 0. The third kappa shape index (κ3) is 4.76. The van der Waals surface area contributed by atoms with Crippen LogP contribution >= 0.6 is 0 Å². The monoisotopic (exact) mass is 556 g/mol. The molecule has 1 fully saturated rings. The molecule has 0 spiro atoms. The second-order valence-electron chi connectivity index (χ2n) is 11.1. The minimum absolute atomic E-state index is 0.0268. The van der Waals surface area contributed by atoms with E-state index >= 15 is 0 Å². The van der Waals surface area contributed by atoms with Gasteiger partial charge in [-0.25, -0.2) is 4.79 Å². The van der Waals surface area contributed by atoms with Gasteiger partial charge in [0.25, 0.3) is 0 Å². The van der Waals surface area contributed by atoms with E-state index in [1.807, 2.05) is 0 Å². The number of aliphatic hydroxyl groups excluding tert-OH is 2. The van der Waals surface area contributed by atoms with Gasteiger partial charge in [-0.05, 0) is 32.4 Å². The average molecular weight is 557 g/mol. The van der Waals surface area contributed by atoms with Crippen molar-refractivity contribution in [2.24, 2.45) is 11.3 Å². The van der Waals surface area contributed by atoms with Crippen LogP contribution < -0.4 is 0 Å². The highest BCUT2D eigenvalue weighted by Crippen LogP contribution is 2.55. The Morgan fingerprint density at radius 2 is 1.41 bits per heavy atom. The first-order valence-electron chi connectivity index (χ1n) is 12.4. The number of carbonyl (C=O) groups is 4. The van der Waals surface area contributed by atoms with Crippen LogP contribution in [0.2, 0.25) is 0 Å². The standard InChI is InChI=1S/C26H36O13/c1-11-10-16-26(35,25(7,34)22(32)39-16)21(38-14(4)29)19-23(5,9-8-15(30)24(19,6)33)20(37-13(3)28)17(31)18(11)36-12(2)27/h8-10,15-21,30-31,33-35H,1-7H3/b11-10-/t15-,16+,17-,18?,19-,20-,21?,23+,24-,25-,26+/m1/s1. The maximum atomic E-state index is 12.9. The maximum Gasteiger partial charge on any atom is 0.341 e. The Kier molecular flexibility index (Phi) is 7.85. The molecule has 5 N–H and O–H groups in total. The molecule has 0 aromatic carbocycles. The molecular formula is C26H36O13. The Balaban J connectivity index is 2.51. The van der Waals surface area contributed by atoms with Gasteiger partial charge < -0.3 is 44.5 Å². The normalized spacial score (nSPS) is 47.0. The predicted octanol–water partition coefficient (Wildman–Crippen LogP) is -1.19. The minimum Gasteiger partial charge on any atom is -0.459 e. The Hall–Kier alpha value is -2.84. The topological polar surface area (TPSA) is 206 Å². The van der Waals surface area contributed by atoms with Gasteiger partial charge in [0.15, 0.2) is 23.4 Å². The maximum absolute atomic E-state index is 12.9. The van der Waals surface area contributed by atoms with Gasteiger partial charge >= 0.3 is 23.9 Å². The summed E-state index contributed by atoms with van der Waals surface area (Å²) < 4.78 is 21.7. The molecule has 13 heteroatoms. The van der Waals surface area contributed by atoms with E-state index in [0.717, 1.165) is 46.8 Å². The summed E-state index contributed by atoms with van der Waals surface area (Å²) in [5.41, 5.74) is -9.66. The number of ether oxygens (including phenoxy) is 4. The number of hydrogen-bond acceptors (Lipinski definition) is 13. The number of hydrogen-bond donors (Lipinski definition) is 5. The van der Waals surface area contributed by atoms with E-state index < -0.39 is 88.6 Å². The SMILES string of the molecule is CC(=O)OC1/C(C)=C\[C@@H]2OC(=O)[C@@](C)(O)[C@@]2(O)C(OC(C)=O)[C@H]2[C@](C)(O)[C@H](O)C=C[C@]2(C)[C@H](OC(C)=O)[C@@H]1O. The van der Waals surface area contributed by atoms with Crippen molar-refractivity contribution < 1.29 is 63.7 Å². The van der Waals surface area contributed by atoms with Gasteiger partial charge in [-0.2, -0.15) is 0 Å². The van der Waals surface area contributed by atoms with Crippen molar-refractivity contribution in [3.8, 4) is 0 Å². The van der Waals surface area contributed by atoms with Crippen molar-refractivity contribution in [1.29, 1.82) is 0 Å². The molecule has 13 nitrogen and oxygen atoms in total. The van der Waals surface area contributed by atoms with E-state index in [1.165, 1.54) is 19.9 Å². The molecule has 0 bridgehead atoms. The Bertz CT molecular complexity index is 1110. The molecule has 0 aromatic rings. The lowest BCUT2D eigenvalue weighted by atomic mass is 9.53. The van der Waals surface area contributed by atoms with E-state index in [9.17, 15) is 44.7 Å². The van der Waals surface area contributed by atoms with Crippen molar-refractivity contribution in [1.82, 2.24) is 0 Å². The second-order valence-corrected chi connectivity index (χ2v) is 11.1. The molecule has 1 heterocycles. The molecule has 39 heavy (non-hydrogen) atoms. The van der Waals surface area contributed by atoms with Gasteiger partial charge in [-0.1, -0.05) is 19.1 Å². The zero-order chi connectivity index (χ0) is 29.9. The van der Waals surface area contributed by atoms with Crippen LogP contribution in [-0.4, -0.2) is 103 Å². The van der Waals surface area contributed by atoms with Gasteiger partial charge in [-0.15, -0.1) is 0 Å². The first kappa shape index (κ1) is 30.7. The van der Waals surface area contributed by atoms with Gasteiger partial charge in [0.1, 0.15) is 24.4 Å². The molecule has 0 radical (unpaired) electrons. The molecule has 2 aliphatic carbocycles. The van der Waals surface area contributed by atoms with Gasteiger partial charge in [0.05, 0.1) is 5.60 Å². The molecule has 0 aromatic heterocycles. The summed E-state index contributed by atoms with van der Waals surface area (Å²) >= 11 is 0. The second kappa shape index (κ2) is 9.97. The highest BCUT2D eigenvalue weighted by Gasteiger charge is 2.74. The first-order valence-corrected chi connectivity index (χ1v) is 12.4. The lowest BCUT2D eigenvalue weighted by Gasteiger charge is -2.57. The number of rotatable bonds is 3. The highest BCUT2D eigenvalue weighted by molar-refractivity contribution is 5.84. The molecule has 3 aliphatic rings. The van der Waals surface area contributed by atoms with E-state index in [2.05, 4.69) is 0 Å². The zero-order valence-corrected chi connectivity index (χ0v) is 22.8. The third-order valence-corrected chi connectivity index (χ3v) is 8.09. The van der Waals surface area contributed by atoms with Crippen LogP contribution in [0.4, 0.5) is 0 Å². The Morgan fingerprint density at radius 1 is 0.897 bits per heavy atom. The van der Waals surface area contributed by atoms with Crippen LogP contribution in [0.5, 0.6) is 0 Å². The molecule has 3 rings (SSSR count). The van der Waals surface area contributed by atoms with Crippen molar-refractivity contribution in [2.45, 2.75) is 102 Å². The predicted molar refractivity (Wildman–Crippen MR) is 129 cm³/mol. The molecular weight excluding hydrogens is 520 g/mol. The van der Waals surface area contributed by atoms with E-state index in [1.54, 1.807) is 0 Å². The number of fused-ring (bicyclic) bond motifs is 2. The summed E-state index contributed by atoms with van der Waals surface area (Å²) in [6.07, 6.45) is -6.89. The zero-order valence-electron chi connectivity index (χ0n) is 22.8. The molecule has 218 valence electrons. The fourth-order valence-electron chi connectivity index (χ4n) is 6.11. The van der Waals surface area contributed by atoms with Gasteiger partial charge in [0.2, 0.25) is 0 Å². The number of aliphatic hydroxyl groups is 5. The van der Waals surface area contributed by atoms with Gasteiger partial charge in [-0.3, -0.25) is 14.4 Å². The van der Waals surface area contributed by atoms with Gasteiger partial charge in [0, 0.05) is 32.1 Å². The summed E-state index contributed by atoms with van der Waals surface area (Å²) in [5, 5.41) is 57.6. The number of carbonyl (C=O) groups excluding carboxylic acids is 4. The van der Waals surface area contributed by atoms with Crippen molar-refractivity contribution in [3.63, 3.8) is 0 Å². The Morgan fingerprint density at radius 3 is 1.92 bits per heavy atom. The Labute approximate surface area is 225 Å². The van der Waals surface area contributed by atoms with Crippen molar-refractivity contribution >= 4 is 23.9 Å². The van der Waals surface area contributed by atoms with Crippen LogP contribution in [0.15, 0.2) is 23.8 Å². The fourth-order valence-corrected chi connectivity index (χ4v) is 6.11. The fraction of sp³-hybridized carbons (Fsp3) is 0.692. The van der Waals surface area contributed by atoms with E-state index in [4.69, 9.17) is 18.9 Å². The van der Waals surface area contributed by atoms with Crippen molar-refractivity contribution in [2.75, 3.05) is 0 Å². The number of esters is 4. The van der Waals surface area contributed by atoms with Crippen LogP contribution in [0.3, 0.4) is 0 Å². The van der Waals surface area contributed by atoms with E-state index in [0.29, 0.717) is 0 Å². The van der Waals surface area contributed by atoms with Crippen LogP contribution in [0, 0.1) is 11.3 Å².